The van der Waals surface area contributed by atoms with Gasteiger partial charge in [0.15, 0.2) is 0 Å². The summed E-state index contributed by atoms with van der Waals surface area (Å²) in [5.41, 5.74) is 1.01. The molecule has 0 radical (unpaired) electrons. The molecule has 0 aliphatic heterocycles. The summed E-state index contributed by atoms with van der Waals surface area (Å²) in [5, 5.41) is 0. The van der Waals surface area contributed by atoms with Crippen molar-refractivity contribution in [3.8, 4) is 0 Å². The first-order valence-corrected chi connectivity index (χ1v) is 7.75. The zero-order valence-electron chi connectivity index (χ0n) is 13.8. The van der Waals surface area contributed by atoms with Crippen LogP contribution in [-0.2, 0) is 9.53 Å². The molecule has 0 bridgehead atoms. The Morgan fingerprint density at radius 3 is 2.43 bits per heavy atom. The minimum Gasteiger partial charge on any atom is -0.469 e. The lowest BCUT2D eigenvalue weighted by Crippen LogP contribution is -2.25. The summed E-state index contributed by atoms with van der Waals surface area (Å²) in [6, 6.07) is 10.6. The van der Waals surface area contributed by atoms with Gasteiger partial charge in [-0.05, 0) is 51.0 Å². The Morgan fingerprint density at radius 1 is 1.19 bits per heavy atom. The average Bonchev–Trinajstić information content (AvgIpc) is 2.50. The first-order chi connectivity index (χ1) is 9.97. The van der Waals surface area contributed by atoms with E-state index in [9.17, 15) is 4.79 Å². The molecular formula is C19H28O2. The summed E-state index contributed by atoms with van der Waals surface area (Å²) in [6.45, 7) is 6.14. The van der Waals surface area contributed by atoms with Gasteiger partial charge in [-0.1, -0.05) is 49.4 Å². The number of carbonyl (C=O) groups excluding carboxylic acids is 1. The molecule has 0 spiro atoms. The van der Waals surface area contributed by atoms with Gasteiger partial charge in [0.25, 0.3) is 0 Å². The van der Waals surface area contributed by atoms with E-state index in [4.69, 9.17) is 4.74 Å². The van der Waals surface area contributed by atoms with Crippen LogP contribution in [0.3, 0.4) is 0 Å². The van der Waals surface area contributed by atoms with E-state index in [1.54, 1.807) is 0 Å². The van der Waals surface area contributed by atoms with Crippen molar-refractivity contribution in [1.82, 2.24) is 0 Å². The summed E-state index contributed by atoms with van der Waals surface area (Å²) >= 11 is 0. The summed E-state index contributed by atoms with van der Waals surface area (Å²) in [6.07, 6.45) is 8.39. The van der Waals surface area contributed by atoms with Gasteiger partial charge < -0.3 is 4.74 Å². The number of rotatable bonds is 8. The standard InChI is InChI=1S/C19H28O2/c1-16(17-13-9-7-10-14-17)12-8-5-6-11-15-19(2,3)18(20)21-4/h5-7,9-10,13-14,16H,8,11-12,15H2,1-4H3/b6-5+. The summed E-state index contributed by atoms with van der Waals surface area (Å²) < 4.78 is 4.81. The van der Waals surface area contributed by atoms with Crippen LogP contribution in [0.15, 0.2) is 42.5 Å². The van der Waals surface area contributed by atoms with Crippen LogP contribution in [0.5, 0.6) is 0 Å². The molecule has 21 heavy (non-hydrogen) atoms. The maximum atomic E-state index is 11.6. The Balaban J connectivity index is 2.25. The van der Waals surface area contributed by atoms with Crippen molar-refractivity contribution in [3.63, 3.8) is 0 Å². The zero-order valence-corrected chi connectivity index (χ0v) is 13.8. The van der Waals surface area contributed by atoms with Gasteiger partial charge >= 0.3 is 5.97 Å². The van der Waals surface area contributed by atoms with Crippen LogP contribution >= 0.6 is 0 Å². The van der Waals surface area contributed by atoms with E-state index in [-0.39, 0.29) is 5.97 Å². The quantitative estimate of drug-likeness (QED) is 0.491. The van der Waals surface area contributed by atoms with Crippen molar-refractivity contribution in [2.75, 3.05) is 7.11 Å². The minimum absolute atomic E-state index is 0.131. The molecule has 0 N–H and O–H groups in total. The summed E-state index contributed by atoms with van der Waals surface area (Å²) in [7, 11) is 1.45. The third-order valence-electron chi connectivity index (χ3n) is 3.98. The van der Waals surface area contributed by atoms with Crippen LogP contribution in [0.1, 0.15) is 57.9 Å². The SMILES string of the molecule is COC(=O)C(C)(C)CC/C=C/CCC(C)c1ccccc1. The molecule has 0 aliphatic rings. The Morgan fingerprint density at radius 2 is 1.81 bits per heavy atom. The number of carbonyl (C=O) groups is 1. The molecule has 1 aromatic rings. The van der Waals surface area contributed by atoms with Gasteiger partial charge in [0, 0.05) is 0 Å². The predicted molar refractivity (Wildman–Crippen MR) is 88.3 cm³/mol. The molecule has 1 unspecified atom stereocenters. The van der Waals surface area contributed by atoms with Gasteiger partial charge in [-0.15, -0.1) is 0 Å². The fraction of sp³-hybridized carbons (Fsp3) is 0.526. The zero-order chi connectivity index (χ0) is 15.7. The minimum atomic E-state index is -0.392. The Hall–Kier alpha value is -1.57. The van der Waals surface area contributed by atoms with Gasteiger partial charge in [0.05, 0.1) is 12.5 Å². The molecule has 0 aliphatic carbocycles. The fourth-order valence-corrected chi connectivity index (χ4v) is 2.35. The summed E-state index contributed by atoms with van der Waals surface area (Å²) in [5.74, 6) is 0.455. The second-order valence-electron chi connectivity index (χ2n) is 6.27. The van der Waals surface area contributed by atoms with Gasteiger partial charge in [-0.2, -0.15) is 0 Å². The second kappa shape index (κ2) is 8.66. The molecule has 116 valence electrons. The molecule has 1 rings (SSSR count). The molecule has 0 saturated carbocycles. The highest BCUT2D eigenvalue weighted by atomic mass is 16.5. The maximum absolute atomic E-state index is 11.6. The van der Waals surface area contributed by atoms with Crippen molar-refractivity contribution in [3.05, 3.63) is 48.0 Å². The fourth-order valence-electron chi connectivity index (χ4n) is 2.35. The number of hydrogen-bond donors (Lipinski definition) is 0. The van der Waals surface area contributed by atoms with Crippen LogP contribution in [-0.4, -0.2) is 13.1 Å². The molecular weight excluding hydrogens is 260 g/mol. The number of esters is 1. The molecule has 0 fully saturated rings. The average molecular weight is 288 g/mol. The van der Waals surface area contributed by atoms with Crippen LogP contribution in [0.2, 0.25) is 0 Å². The van der Waals surface area contributed by atoms with Gasteiger partial charge in [-0.3, -0.25) is 4.79 Å². The maximum Gasteiger partial charge on any atom is 0.311 e. The third kappa shape index (κ3) is 6.16. The lowest BCUT2D eigenvalue weighted by atomic mass is 9.88. The Bertz CT molecular complexity index is 446. The van der Waals surface area contributed by atoms with E-state index in [0.717, 1.165) is 25.7 Å². The van der Waals surface area contributed by atoms with Crippen molar-refractivity contribution in [2.45, 2.75) is 52.4 Å². The predicted octanol–water partition coefficient (Wildman–Crippen LogP) is 5.11. The third-order valence-corrected chi connectivity index (χ3v) is 3.98. The molecule has 0 amide bonds. The molecule has 0 aromatic heterocycles. The topological polar surface area (TPSA) is 26.3 Å². The lowest BCUT2D eigenvalue weighted by molar-refractivity contribution is -0.151. The van der Waals surface area contributed by atoms with E-state index < -0.39 is 5.41 Å². The van der Waals surface area contributed by atoms with Crippen LogP contribution in [0.4, 0.5) is 0 Å². The van der Waals surface area contributed by atoms with Gasteiger partial charge in [0.1, 0.15) is 0 Å². The second-order valence-corrected chi connectivity index (χ2v) is 6.27. The molecule has 2 heteroatoms. The normalized spacial score (nSPS) is 13.3. The Kier molecular flexibility index (Phi) is 7.21. The van der Waals surface area contributed by atoms with E-state index in [0.29, 0.717) is 5.92 Å². The van der Waals surface area contributed by atoms with Gasteiger partial charge in [0.2, 0.25) is 0 Å². The van der Waals surface area contributed by atoms with E-state index in [1.807, 2.05) is 13.8 Å². The van der Waals surface area contributed by atoms with E-state index in [2.05, 4.69) is 49.4 Å². The smallest absolute Gasteiger partial charge is 0.311 e. The number of benzene rings is 1. The molecule has 2 nitrogen and oxygen atoms in total. The molecule has 1 atom stereocenters. The highest BCUT2D eigenvalue weighted by Crippen LogP contribution is 2.24. The van der Waals surface area contributed by atoms with Crippen molar-refractivity contribution in [2.24, 2.45) is 5.41 Å². The Labute approximate surface area is 129 Å². The van der Waals surface area contributed by atoms with Crippen molar-refractivity contribution < 1.29 is 9.53 Å². The number of hydrogen-bond acceptors (Lipinski definition) is 2. The summed E-state index contributed by atoms with van der Waals surface area (Å²) in [4.78, 5) is 11.6. The molecule has 0 heterocycles. The van der Waals surface area contributed by atoms with E-state index in [1.165, 1.54) is 12.7 Å². The monoisotopic (exact) mass is 288 g/mol. The van der Waals surface area contributed by atoms with Crippen LogP contribution in [0, 0.1) is 5.41 Å². The highest BCUT2D eigenvalue weighted by molar-refractivity contribution is 5.75. The molecule has 1 aromatic carbocycles. The van der Waals surface area contributed by atoms with Crippen molar-refractivity contribution >= 4 is 5.97 Å². The van der Waals surface area contributed by atoms with E-state index >= 15 is 0 Å². The van der Waals surface area contributed by atoms with Crippen molar-refractivity contribution in [1.29, 1.82) is 0 Å². The number of allylic oxidation sites excluding steroid dienone is 2. The number of methoxy groups -OCH3 is 1. The molecule has 0 saturated heterocycles. The highest BCUT2D eigenvalue weighted by Gasteiger charge is 2.27. The number of ether oxygens (including phenoxy) is 1. The van der Waals surface area contributed by atoms with Crippen LogP contribution < -0.4 is 0 Å². The van der Waals surface area contributed by atoms with Gasteiger partial charge in [-0.25, -0.2) is 0 Å². The largest absolute Gasteiger partial charge is 0.469 e. The first kappa shape index (κ1) is 17.5. The first-order valence-electron chi connectivity index (χ1n) is 7.75. The lowest BCUT2D eigenvalue weighted by Gasteiger charge is -2.20. The van der Waals surface area contributed by atoms with Crippen LogP contribution in [0.25, 0.3) is 0 Å².